The second-order valence-electron chi connectivity index (χ2n) is 5.45. The summed E-state index contributed by atoms with van der Waals surface area (Å²) in [5.74, 6) is -0.342. The molecule has 19 heavy (non-hydrogen) atoms. The lowest BCUT2D eigenvalue weighted by Gasteiger charge is -2.24. The Kier molecular flexibility index (Phi) is 3.67. The molecule has 0 aliphatic rings. The van der Waals surface area contributed by atoms with Gasteiger partial charge in [0, 0.05) is 0 Å². The summed E-state index contributed by atoms with van der Waals surface area (Å²) in [7, 11) is 0. The van der Waals surface area contributed by atoms with Crippen LogP contribution >= 0.6 is 0 Å². The maximum Gasteiger partial charge on any atom is 0.141 e. The van der Waals surface area contributed by atoms with Gasteiger partial charge >= 0.3 is 0 Å². The molecular formula is C16H19FN2. The lowest BCUT2D eigenvalue weighted by Crippen LogP contribution is -2.36. The number of rotatable bonds is 3. The van der Waals surface area contributed by atoms with E-state index in [4.69, 9.17) is 5.73 Å². The van der Waals surface area contributed by atoms with E-state index in [-0.39, 0.29) is 5.82 Å². The molecule has 0 amide bonds. The van der Waals surface area contributed by atoms with Crippen LogP contribution in [0.5, 0.6) is 0 Å². The first-order valence-electron chi connectivity index (χ1n) is 6.35. The van der Waals surface area contributed by atoms with Crippen molar-refractivity contribution in [2.75, 3.05) is 0 Å². The molecule has 0 spiro atoms. The maximum atomic E-state index is 12.9. The number of pyridine rings is 1. The third-order valence-corrected chi connectivity index (χ3v) is 3.17. The molecule has 0 radical (unpaired) electrons. The lowest BCUT2D eigenvalue weighted by molar-refractivity contribution is 0.472. The van der Waals surface area contributed by atoms with Crippen LogP contribution in [0.15, 0.2) is 36.5 Å². The van der Waals surface area contributed by atoms with Gasteiger partial charge in [-0.1, -0.05) is 29.3 Å². The maximum absolute atomic E-state index is 12.9. The summed E-state index contributed by atoms with van der Waals surface area (Å²) < 4.78 is 12.9. The Balaban J connectivity index is 2.27. The van der Waals surface area contributed by atoms with Gasteiger partial charge in [0.05, 0.1) is 17.4 Å². The number of nitrogens with two attached hydrogens (primary N) is 1. The van der Waals surface area contributed by atoms with Gasteiger partial charge in [-0.3, -0.25) is 4.98 Å². The van der Waals surface area contributed by atoms with Gasteiger partial charge < -0.3 is 5.73 Å². The molecule has 2 rings (SSSR count). The van der Waals surface area contributed by atoms with Crippen molar-refractivity contribution >= 4 is 0 Å². The Morgan fingerprint density at radius 1 is 1.16 bits per heavy atom. The van der Waals surface area contributed by atoms with Gasteiger partial charge in [0.25, 0.3) is 0 Å². The highest BCUT2D eigenvalue weighted by Crippen LogP contribution is 2.22. The molecule has 2 nitrogen and oxygen atoms in total. The molecule has 0 fully saturated rings. The van der Waals surface area contributed by atoms with E-state index in [0.29, 0.717) is 12.1 Å². The zero-order valence-corrected chi connectivity index (χ0v) is 11.6. The normalized spacial score (nSPS) is 14.2. The summed E-state index contributed by atoms with van der Waals surface area (Å²) in [4.78, 5) is 4.09. The summed E-state index contributed by atoms with van der Waals surface area (Å²) in [6.07, 6.45) is 1.89. The molecule has 0 saturated heterocycles. The topological polar surface area (TPSA) is 38.9 Å². The molecule has 1 heterocycles. The first-order chi connectivity index (χ1) is 8.87. The highest BCUT2D eigenvalue weighted by atomic mass is 19.1. The molecule has 1 atom stereocenters. The minimum absolute atomic E-state index is 0.342. The van der Waals surface area contributed by atoms with Crippen LogP contribution in [0.25, 0.3) is 0 Å². The predicted molar refractivity (Wildman–Crippen MR) is 75.4 cm³/mol. The zero-order chi connectivity index (χ0) is 14.0. The van der Waals surface area contributed by atoms with E-state index in [1.807, 2.05) is 6.92 Å². The predicted octanol–water partition coefficient (Wildman–Crippen LogP) is 3.25. The number of aromatic nitrogens is 1. The van der Waals surface area contributed by atoms with Crippen molar-refractivity contribution in [1.29, 1.82) is 0 Å². The Hall–Kier alpha value is -1.74. The molecular weight excluding hydrogens is 239 g/mol. The SMILES string of the molecule is Cc1cc(C)cc(CC(C)(N)c2ccc(F)cn2)c1. The van der Waals surface area contributed by atoms with Gasteiger partial charge in [-0.2, -0.15) is 0 Å². The van der Waals surface area contributed by atoms with Crippen LogP contribution in [-0.4, -0.2) is 4.98 Å². The lowest BCUT2D eigenvalue weighted by atomic mass is 9.89. The first-order valence-corrected chi connectivity index (χ1v) is 6.35. The highest BCUT2D eigenvalue weighted by Gasteiger charge is 2.23. The second-order valence-corrected chi connectivity index (χ2v) is 5.45. The molecule has 0 aliphatic heterocycles. The summed E-state index contributed by atoms with van der Waals surface area (Å²) in [6, 6.07) is 9.43. The average molecular weight is 258 g/mol. The molecule has 1 aromatic carbocycles. The van der Waals surface area contributed by atoms with Gasteiger partial charge in [-0.25, -0.2) is 4.39 Å². The molecule has 0 saturated carbocycles. The summed E-state index contributed by atoms with van der Waals surface area (Å²) in [5, 5.41) is 0. The minimum Gasteiger partial charge on any atom is -0.320 e. The van der Waals surface area contributed by atoms with Crippen LogP contribution < -0.4 is 5.73 Å². The third-order valence-electron chi connectivity index (χ3n) is 3.17. The molecule has 1 aromatic heterocycles. The van der Waals surface area contributed by atoms with E-state index in [1.54, 1.807) is 6.07 Å². The zero-order valence-electron chi connectivity index (χ0n) is 11.6. The summed E-state index contributed by atoms with van der Waals surface area (Å²) >= 11 is 0. The van der Waals surface area contributed by atoms with E-state index in [0.717, 1.165) is 0 Å². The molecule has 2 N–H and O–H groups in total. The van der Waals surface area contributed by atoms with Crippen LogP contribution in [0.3, 0.4) is 0 Å². The molecule has 1 unspecified atom stereocenters. The smallest absolute Gasteiger partial charge is 0.141 e. The van der Waals surface area contributed by atoms with E-state index >= 15 is 0 Å². The van der Waals surface area contributed by atoms with Crippen LogP contribution in [0.2, 0.25) is 0 Å². The summed E-state index contributed by atoms with van der Waals surface area (Å²) in [5.41, 5.74) is 10.0. The molecule has 0 aliphatic carbocycles. The monoisotopic (exact) mass is 258 g/mol. The van der Waals surface area contributed by atoms with Gasteiger partial charge in [0.15, 0.2) is 0 Å². The third kappa shape index (κ3) is 3.38. The Morgan fingerprint density at radius 3 is 2.32 bits per heavy atom. The molecule has 2 aromatic rings. The standard InChI is InChI=1S/C16H19FN2/c1-11-6-12(2)8-13(7-11)9-16(3,18)15-5-4-14(17)10-19-15/h4-8,10H,9,18H2,1-3H3. The Bertz CT molecular complexity index is 554. The molecule has 100 valence electrons. The average Bonchev–Trinajstić information content (AvgIpc) is 2.27. The number of aryl methyl sites for hydroxylation is 2. The Morgan fingerprint density at radius 2 is 1.79 bits per heavy atom. The summed E-state index contributed by atoms with van der Waals surface area (Å²) in [6.45, 7) is 6.06. The number of hydrogen-bond acceptors (Lipinski definition) is 2. The number of nitrogens with zero attached hydrogens (tertiary/aromatic N) is 1. The fourth-order valence-electron chi connectivity index (χ4n) is 2.40. The van der Waals surface area contributed by atoms with E-state index in [2.05, 4.69) is 37.0 Å². The first kappa shape index (κ1) is 13.7. The quantitative estimate of drug-likeness (QED) is 0.917. The molecule has 3 heteroatoms. The van der Waals surface area contributed by atoms with Gasteiger partial charge in [-0.15, -0.1) is 0 Å². The Labute approximate surface area is 113 Å². The number of benzene rings is 1. The fourth-order valence-corrected chi connectivity index (χ4v) is 2.40. The van der Waals surface area contributed by atoms with Crippen molar-refractivity contribution in [3.8, 4) is 0 Å². The fraction of sp³-hybridized carbons (Fsp3) is 0.312. The van der Waals surface area contributed by atoms with Crippen molar-refractivity contribution < 1.29 is 4.39 Å². The number of hydrogen-bond donors (Lipinski definition) is 1. The van der Waals surface area contributed by atoms with E-state index in [1.165, 1.54) is 29.0 Å². The van der Waals surface area contributed by atoms with Crippen molar-refractivity contribution in [1.82, 2.24) is 4.98 Å². The van der Waals surface area contributed by atoms with Crippen molar-refractivity contribution in [3.05, 3.63) is 64.7 Å². The van der Waals surface area contributed by atoms with Crippen LogP contribution in [0.4, 0.5) is 4.39 Å². The second kappa shape index (κ2) is 5.10. The van der Waals surface area contributed by atoms with Crippen molar-refractivity contribution in [3.63, 3.8) is 0 Å². The largest absolute Gasteiger partial charge is 0.320 e. The van der Waals surface area contributed by atoms with Gasteiger partial charge in [-0.05, 0) is 44.9 Å². The van der Waals surface area contributed by atoms with Crippen LogP contribution in [0.1, 0.15) is 29.3 Å². The number of halogens is 1. The van der Waals surface area contributed by atoms with Crippen LogP contribution in [-0.2, 0) is 12.0 Å². The van der Waals surface area contributed by atoms with Gasteiger partial charge in [0.1, 0.15) is 5.82 Å². The van der Waals surface area contributed by atoms with E-state index < -0.39 is 5.54 Å². The van der Waals surface area contributed by atoms with Crippen molar-refractivity contribution in [2.45, 2.75) is 32.7 Å². The minimum atomic E-state index is -0.603. The van der Waals surface area contributed by atoms with Crippen LogP contribution in [0, 0.1) is 19.7 Å². The van der Waals surface area contributed by atoms with Gasteiger partial charge in [0.2, 0.25) is 0 Å². The van der Waals surface area contributed by atoms with Crippen molar-refractivity contribution in [2.24, 2.45) is 5.73 Å². The van der Waals surface area contributed by atoms with E-state index in [9.17, 15) is 4.39 Å². The highest BCUT2D eigenvalue weighted by molar-refractivity contribution is 5.31. The molecule has 0 bridgehead atoms.